The van der Waals surface area contributed by atoms with Crippen LogP contribution in [0, 0.1) is 0 Å². The highest BCUT2D eigenvalue weighted by molar-refractivity contribution is 6.04. The zero-order valence-electron chi connectivity index (χ0n) is 12.2. The Bertz CT molecular complexity index is 664. The van der Waals surface area contributed by atoms with Crippen LogP contribution in [0.3, 0.4) is 0 Å². The molecule has 0 radical (unpaired) electrons. The monoisotopic (exact) mass is 254 g/mol. The quantitative estimate of drug-likeness (QED) is 0.536. The minimum atomic E-state index is 0.590. The topological polar surface area (TPSA) is 13.1 Å². The summed E-state index contributed by atoms with van der Waals surface area (Å²) in [5, 5.41) is 2.42. The van der Waals surface area contributed by atoms with Gasteiger partial charge in [0.15, 0.2) is 0 Å². The van der Waals surface area contributed by atoms with Crippen molar-refractivity contribution in [1.82, 2.24) is 0 Å². The lowest BCUT2D eigenvalue weighted by Crippen LogP contribution is -1.89. The van der Waals surface area contributed by atoms with Gasteiger partial charge in [0.2, 0.25) is 0 Å². The van der Waals surface area contributed by atoms with Crippen LogP contribution in [-0.4, -0.2) is 0 Å². The zero-order chi connectivity index (χ0) is 13.8. The van der Waals surface area contributed by atoms with Crippen LogP contribution in [0.15, 0.2) is 46.9 Å². The SMILES string of the molecule is CC.CCC(C)c1ccc2c(c1)oc1ccccc12. The van der Waals surface area contributed by atoms with Gasteiger partial charge >= 0.3 is 0 Å². The van der Waals surface area contributed by atoms with Crippen molar-refractivity contribution in [1.29, 1.82) is 0 Å². The molecule has 1 nitrogen and oxygen atoms in total. The summed E-state index contributed by atoms with van der Waals surface area (Å²) in [6, 6.07) is 14.8. The lowest BCUT2D eigenvalue weighted by Gasteiger charge is -2.07. The van der Waals surface area contributed by atoms with Crippen molar-refractivity contribution in [2.24, 2.45) is 0 Å². The Morgan fingerprint density at radius 3 is 2.37 bits per heavy atom. The van der Waals surface area contributed by atoms with E-state index in [9.17, 15) is 0 Å². The maximum absolute atomic E-state index is 5.89. The fourth-order valence-corrected chi connectivity index (χ4v) is 2.28. The van der Waals surface area contributed by atoms with Crippen LogP contribution in [0.2, 0.25) is 0 Å². The normalized spacial score (nSPS) is 12.2. The number of fused-ring (bicyclic) bond motifs is 3. The van der Waals surface area contributed by atoms with Gasteiger partial charge in [0, 0.05) is 10.8 Å². The highest BCUT2D eigenvalue weighted by Gasteiger charge is 2.09. The standard InChI is InChI=1S/C16H16O.C2H6/c1-3-11(2)12-8-9-14-13-6-4-5-7-15(13)17-16(14)10-12;1-2/h4-11H,3H2,1-2H3;1-2H3. The molecule has 0 bridgehead atoms. The number of hydrogen-bond donors (Lipinski definition) is 0. The predicted molar refractivity (Wildman–Crippen MR) is 83.8 cm³/mol. The molecule has 1 atom stereocenters. The Hall–Kier alpha value is -1.76. The Labute approximate surface area is 115 Å². The van der Waals surface area contributed by atoms with E-state index in [0.717, 1.165) is 17.6 Å². The molecule has 2 aromatic carbocycles. The molecular weight excluding hydrogens is 232 g/mol. The summed E-state index contributed by atoms with van der Waals surface area (Å²) in [4.78, 5) is 0. The molecule has 0 amide bonds. The molecule has 0 aliphatic carbocycles. The van der Waals surface area contributed by atoms with Crippen LogP contribution in [0.4, 0.5) is 0 Å². The van der Waals surface area contributed by atoms with E-state index in [0.29, 0.717) is 5.92 Å². The van der Waals surface area contributed by atoms with Crippen molar-refractivity contribution in [3.63, 3.8) is 0 Å². The highest BCUT2D eigenvalue weighted by atomic mass is 16.3. The van der Waals surface area contributed by atoms with Gasteiger partial charge in [0.25, 0.3) is 0 Å². The van der Waals surface area contributed by atoms with Crippen LogP contribution in [0.5, 0.6) is 0 Å². The molecule has 0 N–H and O–H groups in total. The van der Waals surface area contributed by atoms with Crippen molar-refractivity contribution in [2.45, 2.75) is 40.0 Å². The average Bonchev–Trinajstić information content (AvgIpc) is 2.86. The second kappa shape index (κ2) is 5.92. The van der Waals surface area contributed by atoms with Crippen molar-refractivity contribution in [3.05, 3.63) is 48.0 Å². The molecule has 1 heterocycles. The lowest BCUT2D eigenvalue weighted by atomic mass is 9.97. The molecule has 0 spiro atoms. The summed E-state index contributed by atoms with van der Waals surface area (Å²) in [5.74, 6) is 0.590. The second-order valence-corrected chi connectivity index (χ2v) is 4.66. The largest absolute Gasteiger partial charge is 0.456 e. The maximum Gasteiger partial charge on any atom is 0.135 e. The summed E-state index contributed by atoms with van der Waals surface area (Å²) in [6.07, 6.45) is 1.16. The summed E-state index contributed by atoms with van der Waals surface area (Å²) in [6.45, 7) is 8.47. The van der Waals surface area contributed by atoms with E-state index in [2.05, 4.69) is 44.2 Å². The van der Waals surface area contributed by atoms with Gasteiger partial charge in [0.05, 0.1) is 0 Å². The number of rotatable bonds is 2. The van der Waals surface area contributed by atoms with Crippen molar-refractivity contribution in [3.8, 4) is 0 Å². The number of benzene rings is 2. The zero-order valence-corrected chi connectivity index (χ0v) is 12.2. The third-order valence-electron chi connectivity index (χ3n) is 3.58. The molecule has 3 aromatic rings. The Balaban J connectivity index is 0.000000637. The molecule has 100 valence electrons. The molecular formula is C18H22O. The fourth-order valence-electron chi connectivity index (χ4n) is 2.28. The van der Waals surface area contributed by atoms with Crippen LogP contribution in [0.25, 0.3) is 21.9 Å². The predicted octanol–water partition coefficient (Wildman–Crippen LogP) is 6.13. The van der Waals surface area contributed by atoms with Gasteiger partial charge in [-0.25, -0.2) is 0 Å². The van der Waals surface area contributed by atoms with E-state index in [4.69, 9.17) is 4.42 Å². The highest BCUT2D eigenvalue weighted by Crippen LogP contribution is 2.31. The number of hydrogen-bond acceptors (Lipinski definition) is 1. The third-order valence-corrected chi connectivity index (χ3v) is 3.58. The first-order valence-corrected chi connectivity index (χ1v) is 7.21. The summed E-state index contributed by atoms with van der Waals surface area (Å²) < 4.78 is 5.89. The van der Waals surface area contributed by atoms with Crippen molar-refractivity contribution in [2.75, 3.05) is 0 Å². The van der Waals surface area contributed by atoms with E-state index in [1.807, 2.05) is 26.0 Å². The number of para-hydroxylation sites is 1. The molecule has 1 heteroatoms. The molecule has 0 aliphatic heterocycles. The van der Waals surface area contributed by atoms with Gasteiger partial charge in [-0.15, -0.1) is 0 Å². The van der Waals surface area contributed by atoms with Gasteiger partial charge in [-0.3, -0.25) is 0 Å². The minimum absolute atomic E-state index is 0.590. The summed E-state index contributed by atoms with van der Waals surface area (Å²) in [5.41, 5.74) is 3.34. The maximum atomic E-state index is 5.89. The molecule has 0 saturated heterocycles. The smallest absolute Gasteiger partial charge is 0.135 e. The summed E-state index contributed by atoms with van der Waals surface area (Å²) >= 11 is 0. The molecule has 19 heavy (non-hydrogen) atoms. The first kappa shape index (κ1) is 13.7. The van der Waals surface area contributed by atoms with Crippen molar-refractivity contribution < 1.29 is 4.42 Å². The average molecular weight is 254 g/mol. The van der Waals surface area contributed by atoms with Gasteiger partial charge in [0.1, 0.15) is 11.2 Å². The van der Waals surface area contributed by atoms with Crippen LogP contribution >= 0.6 is 0 Å². The van der Waals surface area contributed by atoms with E-state index in [-0.39, 0.29) is 0 Å². The third kappa shape index (κ3) is 2.51. The Morgan fingerprint density at radius 1 is 0.947 bits per heavy atom. The van der Waals surface area contributed by atoms with Crippen LogP contribution < -0.4 is 0 Å². The Kier molecular flexibility index (Phi) is 4.26. The minimum Gasteiger partial charge on any atom is -0.456 e. The van der Waals surface area contributed by atoms with E-state index in [1.165, 1.54) is 16.3 Å². The number of furan rings is 1. The van der Waals surface area contributed by atoms with E-state index >= 15 is 0 Å². The fraction of sp³-hybridized carbons (Fsp3) is 0.333. The second-order valence-electron chi connectivity index (χ2n) is 4.66. The molecule has 0 saturated carbocycles. The molecule has 0 fully saturated rings. The van der Waals surface area contributed by atoms with E-state index < -0.39 is 0 Å². The van der Waals surface area contributed by atoms with Crippen LogP contribution in [0.1, 0.15) is 45.6 Å². The molecule has 3 rings (SSSR count). The van der Waals surface area contributed by atoms with Crippen LogP contribution in [-0.2, 0) is 0 Å². The van der Waals surface area contributed by atoms with Gasteiger partial charge in [-0.1, -0.05) is 58.0 Å². The van der Waals surface area contributed by atoms with E-state index in [1.54, 1.807) is 0 Å². The van der Waals surface area contributed by atoms with Crippen molar-refractivity contribution >= 4 is 21.9 Å². The molecule has 1 aromatic heterocycles. The molecule has 0 aliphatic rings. The van der Waals surface area contributed by atoms with Gasteiger partial charge in [-0.05, 0) is 30.0 Å². The Morgan fingerprint density at radius 2 is 1.63 bits per heavy atom. The lowest BCUT2D eigenvalue weighted by molar-refractivity contribution is 0.665. The first-order valence-electron chi connectivity index (χ1n) is 7.21. The molecule has 1 unspecified atom stereocenters. The summed E-state index contributed by atoms with van der Waals surface area (Å²) in [7, 11) is 0. The first-order chi connectivity index (χ1) is 9.29. The van der Waals surface area contributed by atoms with Gasteiger partial charge < -0.3 is 4.42 Å². The van der Waals surface area contributed by atoms with Gasteiger partial charge in [-0.2, -0.15) is 0 Å².